The quantitative estimate of drug-likeness (QED) is 0.786. The van der Waals surface area contributed by atoms with Crippen molar-refractivity contribution in [3.8, 4) is 0 Å². The molecule has 0 unspecified atom stereocenters. The predicted molar refractivity (Wildman–Crippen MR) is 73.5 cm³/mol. The molecule has 1 aromatic heterocycles. The third-order valence-electron chi connectivity index (χ3n) is 3.86. The highest BCUT2D eigenvalue weighted by Crippen LogP contribution is 2.37. The van der Waals surface area contributed by atoms with E-state index in [0.29, 0.717) is 6.04 Å². The molecule has 2 nitrogen and oxygen atoms in total. The van der Waals surface area contributed by atoms with E-state index < -0.39 is 0 Å². The summed E-state index contributed by atoms with van der Waals surface area (Å²) >= 11 is 0. The molecule has 1 N–H and O–H groups in total. The van der Waals surface area contributed by atoms with Crippen molar-refractivity contribution in [2.45, 2.75) is 71.5 Å². The molecule has 1 aromatic rings. The van der Waals surface area contributed by atoms with Crippen LogP contribution < -0.4 is 5.32 Å². The van der Waals surface area contributed by atoms with Crippen LogP contribution in [-0.2, 0) is 0 Å². The van der Waals surface area contributed by atoms with Crippen molar-refractivity contribution < 1.29 is 0 Å². The second-order valence-electron chi connectivity index (χ2n) is 6.94. The van der Waals surface area contributed by atoms with Gasteiger partial charge in [0.15, 0.2) is 0 Å². The topological polar surface area (TPSA) is 17.0 Å². The second kappa shape index (κ2) is 3.88. The molecule has 1 aliphatic heterocycles. The van der Waals surface area contributed by atoms with Crippen LogP contribution in [-0.4, -0.2) is 15.6 Å². The average Bonchev–Trinajstić information content (AvgIpc) is 2.40. The molecule has 2 heterocycles. The number of aromatic nitrogens is 1. The van der Waals surface area contributed by atoms with E-state index in [9.17, 15) is 0 Å². The molecule has 2 rings (SSSR count). The van der Waals surface area contributed by atoms with Gasteiger partial charge in [-0.2, -0.15) is 0 Å². The summed E-state index contributed by atoms with van der Waals surface area (Å²) in [5.41, 5.74) is 3.22. The molecule has 0 saturated carbocycles. The van der Waals surface area contributed by atoms with Gasteiger partial charge in [-0.3, -0.25) is 0 Å². The molecule has 0 radical (unpaired) electrons. The number of nitrogens with one attached hydrogen (secondary N) is 1. The first-order valence-electron chi connectivity index (χ1n) is 6.64. The summed E-state index contributed by atoms with van der Waals surface area (Å²) < 4.78 is 2.52. The van der Waals surface area contributed by atoms with E-state index in [-0.39, 0.29) is 11.1 Å². The summed E-state index contributed by atoms with van der Waals surface area (Å²) in [5.74, 6) is 0. The molecule has 1 fully saturated rings. The van der Waals surface area contributed by atoms with E-state index in [0.717, 1.165) is 0 Å². The van der Waals surface area contributed by atoms with Crippen molar-refractivity contribution in [2.75, 3.05) is 0 Å². The Balaban J connectivity index is 2.33. The zero-order chi connectivity index (χ0) is 12.8. The smallest absolute Gasteiger partial charge is 0.0370 e. The largest absolute Gasteiger partial charge is 0.346 e. The van der Waals surface area contributed by atoms with Crippen molar-refractivity contribution in [2.24, 2.45) is 0 Å². The van der Waals surface area contributed by atoms with Gasteiger partial charge in [0, 0.05) is 28.5 Å². The van der Waals surface area contributed by atoms with Gasteiger partial charge in [-0.25, -0.2) is 0 Å². The molecule has 0 amide bonds. The maximum atomic E-state index is 3.75. The van der Waals surface area contributed by atoms with Gasteiger partial charge in [-0.1, -0.05) is 0 Å². The minimum atomic E-state index is 0.218. The van der Waals surface area contributed by atoms with E-state index in [2.05, 4.69) is 63.6 Å². The first-order chi connectivity index (χ1) is 7.70. The van der Waals surface area contributed by atoms with Crippen LogP contribution in [0.4, 0.5) is 0 Å². The highest BCUT2D eigenvalue weighted by molar-refractivity contribution is 5.16. The molecule has 0 aromatic carbocycles. The zero-order valence-corrected chi connectivity index (χ0v) is 12.1. The molecule has 0 bridgehead atoms. The van der Waals surface area contributed by atoms with Crippen LogP contribution >= 0.6 is 0 Å². The Morgan fingerprint density at radius 1 is 1.00 bits per heavy atom. The zero-order valence-electron chi connectivity index (χ0n) is 12.1. The lowest BCUT2D eigenvalue weighted by Crippen LogP contribution is -2.58. The van der Waals surface area contributed by atoms with Gasteiger partial charge in [0.2, 0.25) is 0 Å². The lowest BCUT2D eigenvalue weighted by Gasteiger charge is -2.47. The third-order valence-corrected chi connectivity index (χ3v) is 3.86. The van der Waals surface area contributed by atoms with E-state index in [4.69, 9.17) is 0 Å². The molecule has 1 aliphatic rings. The monoisotopic (exact) mass is 234 g/mol. The normalized spacial score (nSPS) is 23.9. The Kier molecular flexibility index (Phi) is 2.89. The van der Waals surface area contributed by atoms with Gasteiger partial charge in [0.05, 0.1) is 0 Å². The predicted octanol–water partition coefficient (Wildman–Crippen LogP) is 3.59. The fourth-order valence-corrected chi connectivity index (χ4v) is 3.71. The standard InChI is InChI=1S/C15H26N2/c1-11-7-8-12(2)17(11)13-9-14(3,4)16-15(5,6)10-13/h7-8,13,16H,9-10H2,1-6H3. The van der Waals surface area contributed by atoms with Crippen molar-refractivity contribution in [1.29, 1.82) is 0 Å². The minimum absolute atomic E-state index is 0.218. The molecule has 0 spiro atoms. The van der Waals surface area contributed by atoms with Gasteiger partial charge in [-0.15, -0.1) is 0 Å². The molecule has 0 atom stereocenters. The van der Waals surface area contributed by atoms with Crippen LogP contribution in [0, 0.1) is 13.8 Å². The fraction of sp³-hybridized carbons (Fsp3) is 0.733. The Morgan fingerprint density at radius 3 is 1.82 bits per heavy atom. The van der Waals surface area contributed by atoms with E-state index in [1.54, 1.807) is 0 Å². The van der Waals surface area contributed by atoms with Crippen LogP contribution in [0.25, 0.3) is 0 Å². The lowest BCUT2D eigenvalue weighted by atomic mass is 9.79. The molecule has 2 heteroatoms. The van der Waals surface area contributed by atoms with Gasteiger partial charge in [0.25, 0.3) is 0 Å². The van der Waals surface area contributed by atoms with Crippen molar-refractivity contribution >= 4 is 0 Å². The molecular weight excluding hydrogens is 208 g/mol. The van der Waals surface area contributed by atoms with Crippen LogP contribution in [0.2, 0.25) is 0 Å². The Labute approximate surface area is 105 Å². The van der Waals surface area contributed by atoms with Crippen LogP contribution in [0.3, 0.4) is 0 Å². The summed E-state index contributed by atoms with van der Waals surface area (Å²) in [5, 5.41) is 3.75. The number of hydrogen-bond donors (Lipinski definition) is 1. The van der Waals surface area contributed by atoms with Crippen LogP contribution in [0.1, 0.15) is 58.0 Å². The number of hydrogen-bond acceptors (Lipinski definition) is 1. The van der Waals surface area contributed by atoms with Crippen LogP contribution in [0.5, 0.6) is 0 Å². The summed E-state index contributed by atoms with van der Waals surface area (Å²) in [7, 11) is 0. The first kappa shape index (κ1) is 12.7. The minimum Gasteiger partial charge on any atom is -0.346 e. The number of piperidine rings is 1. The van der Waals surface area contributed by atoms with Crippen molar-refractivity contribution in [3.05, 3.63) is 23.5 Å². The molecular formula is C15H26N2. The van der Waals surface area contributed by atoms with E-state index in [1.165, 1.54) is 24.2 Å². The highest BCUT2D eigenvalue weighted by Gasteiger charge is 2.38. The Morgan fingerprint density at radius 2 is 1.41 bits per heavy atom. The van der Waals surface area contributed by atoms with Crippen molar-refractivity contribution in [1.82, 2.24) is 9.88 Å². The van der Waals surface area contributed by atoms with E-state index >= 15 is 0 Å². The fourth-order valence-electron chi connectivity index (χ4n) is 3.71. The van der Waals surface area contributed by atoms with Gasteiger partial charge in [-0.05, 0) is 66.5 Å². The second-order valence-corrected chi connectivity index (χ2v) is 6.94. The lowest BCUT2D eigenvalue weighted by molar-refractivity contribution is 0.131. The van der Waals surface area contributed by atoms with E-state index in [1.807, 2.05) is 0 Å². The molecule has 1 saturated heterocycles. The average molecular weight is 234 g/mol. The van der Waals surface area contributed by atoms with Crippen molar-refractivity contribution in [3.63, 3.8) is 0 Å². The van der Waals surface area contributed by atoms with Gasteiger partial charge >= 0.3 is 0 Å². The summed E-state index contributed by atoms with van der Waals surface area (Å²) in [6, 6.07) is 5.09. The maximum absolute atomic E-state index is 3.75. The molecule has 17 heavy (non-hydrogen) atoms. The number of aryl methyl sites for hydroxylation is 2. The van der Waals surface area contributed by atoms with Gasteiger partial charge < -0.3 is 9.88 Å². The maximum Gasteiger partial charge on any atom is 0.0370 e. The molecule has 96 valence electrons. The number of nitrogens with zero attached hydrogens (tertiary/aromatic N) is 1. The number of rotatable bonds is 1. The third kappa shape index (κ3) is 2.57. The summed E-state index contributed by atoms with van der Waals surface area (Å²) in [6.45, 7) is 13.7. The first-order valence-corrected chi connectivity index (χ1v) is 6.64. The Hall–Kier alpha value is -0.760. The summed E-state index contributed by atoms with van der Waals surface area (Å²) in [4.78, 5) is 0. The highest BCUT2D eigenvalue weighted by atomic mass is 15.1. The molecule has 0 aliphatic carbocycles. The summed E-state index contributed by atoms with van der Waals surface area (Å²) in [6.07, 6.45) is 2.40. The Bertz CT molecular complexity index is 377. The SMILES string of the molecule is Cc1ccc(C)n1C1CC(C)(C)NC(C)(C)C1. The van der Waals surface area contributed by atoms with Gasteiger partial charge in [0.1, 0.15) is 0 Å². The van der Waals surface area contributed by atoms with Crippen LogP contribution in [0.15, 0.2) is 12.1 Å².